The first-order valence-corrected chi connectivity index (χ1v) is 9.87. The highest BCUT2D eigenvalue weighted by atomic mass is 79.9. The zero-order valence-corrected chi connectivity index (χ0v) is 15.0. The molecule has 0 N–H and O–H groups in total. The fourth-order valence-electron chi connectivity index (χ4n) is 2.40. The maximum absolute atomic E-state index is 12.8. The molecule has 1 aromatic carbocycles. The topological polar surface area (TPSA) is 54.5 Å². The molecule has 116 valence electrons. The molecule has 4 nitrogen and oxygen atoms in total. The number of amides is 1. The van der Waals surface area contributed by atoms with Crippen LogP contribution < -0.4 is 0 Å². The van der Waals surface area contributed by atoms with Crippen LogP contribution in [0.2, 0.25) is 5.02 Å². The Morgan fingerprint density at radius 3 is 2.62 bits per heavy atom. The molecule has 0 spiro atoms. The van der Waals surface area contributed by atoms with Crippen molar-refractivity contribution >= 4 is 43.3 Å². The highest BCUT2D eigenvalue weighted by Gasteiger charge is 2.37. The number of hydrogen-bond donors (Lipinski definition) is 0. The number of halogens is 2. The summed E-state index contributed by atoms with van der Waals surface area (Å²) in [5.41, 5.74) is 0.401. The Bertz CT molecular complexity index is 658. The van der Waals surface area contributed by atoms with Crippen molar-refractivity contribution in [3.05, 3.63) is 33.3 Å². The van der Waals surface area contributed by atoms with E-state index in [0.717, 1.165) is 17.3 Å². The summed E-state index contributed by atoms with van der Waals surface area (Å²) in [6.45, 7) is 1.77. The molecule has 0 radical (unpaired) electrons. The maximum atomic E-state index is 12.8. The first-order valence-electron chi connectivity index (χ1n) is 6.64. The van der Waals surface area contributed by atoms with Crippen LogP contribution in [-0.4, -0.2) is 43.3 Å². The lowest BCUT2D eigenvalue weighted by molar-refractivity contribution is 0.0693. The molecular weight excluding hydrogens is 378 g/mol. The van der Waals surface area contributed by atoms with Gasteiger partial charge in [-0.2, -0.15) is 0 Å². The van der Waals surface area contributed by atoms with Gasteiger partial charge in [-0.1, -0.05) is 27.5 Å². The van der Waals surface area contributed by atoms with Gasteiger partial charge in [-0.3, -0.25) is 4.79 Å². The van der Waals surface area contributed by atoms with Gasteiger partial charge in [0.15, 0.2) is 0 Å². The molecule has 1 aromatic rings. The lowest BCUT2D eigenvalue weighted by Gasteiger charge is -2.29. The molecule has 1 aliphatic rings. The first kappa shape index (κ1) is 16.8. The summed E-state index contributed by atoms with van der Waals surface area (Å²) in [6, 6.07) is 4.85. The van der Waals surface area contributed by atoms with Crippen LogP contribution in [0.5, 0.6) is 0 Å². The predicted molar refractivity (Wildman–Crippen MR) is 87.5 cm³/mol. The van der Waals surface area contributed by atoms with Crippen LogP contribution in [0.15, 0.2) is 22.7 Å². The molecule has 2 rings (SSSR count). The van der Waals surface area contributed by atoms with Gasteiger partial charge in [-0.25, -0.2) is 8.42 Å². The minimum absolute atomic E-state index is 0.0408. The Kier molecular flexibility index (Phi) is 5.00. The van der Waals surface area contributed by atoms with E-state index in [0.29, 0.717) is 10.6 Å². The van der Waals surface area contributed by atoms with E-state index in [-0.39, 0.29) is 23.7 Å². The lowest BCUT2D eigenvalue weighted by atomic mass is 10.1. The third-order valence-electron chi connectivity index (χ3n) is 3.35. The monoisotopic (exact) mass is 393 g/mol. The number of carbonyl (C=O) groups is 1. The fourth-order valence-corrected chi connectivity index (χ4v) is 3.99. The van der Waals surface area contributed by atoms with E-state index < -0.39 is 9.84 Å². The van der Waals surface area contributed by atoms with E-state index in [1.54, 1.807) is 30.0 Å². The lowest BCUT2D eigenvalue weighted by Crippen LogP contribution is -2.43. The van der Waals surface area contributed by atoms with Gasteiger partial charge < -0.3 is 4.90 Å². The summed E-state index contributed by atoms with van der Waals surface area (Å²) in [7, 11) is -3.14. The Morgan fingerprint density at radius 2 is 2.10 bits per heavy atom. The second-order valence-electron chi connectivity index (χ2n) is 5.51. The standard InChI is InChI=1S/C14H17BrClNO3S/c1-9(8-21(2,19)20)17(11-4-5-11)14(18)12-7-10(15)3-6-13(12)16/h3,6-7,9,11H,4-5,8H2,1-2H3. The van der Waals surface area contributed by atoms with Crippen LogP contribution in [0.4, 0.5) is 0 Å². The van der Waals surface area contributed by atoms with Gasteiger partial charge in [0.05, 0.1) is 16.3 Å². The van der Waals surface area contributed by atoms with Crippen molar-refractivity contribution in [3.63, 3.8) is 0 Å². The van der Waals surface area contributed by atoms with Gasteiger partial charge in [0.2, 0.25) is 0 Å². The molecule has 1 amide bonds. The van der Waals surface area contributed by atoms with Crippen LogP contribution in [0.3, 0.4) is 0 Å². The molecule has 0 heterocycles. The minimum atomic E-state index is -3.14. The predicted octanol–water partition coefficient (Wildman–Crippen LogP) is 3.14. The molecule has 0 bridgehead atoms. The number of carbonyl (C=O) groups excluding carboxylic acids is 1. The van der Waals surface area contributed by atoms with Crippen molar-refractivity contribution < 1.29 is 13.2 Å². The fraction of sp³-hybridized carbons (Fsp3) is 0.500. The number of sulfone groups is 1. The summed E-state index contributed by atoms with van der Waals surface area (Å²) in [5.74, 6) is -0.249. The molecular formula is C14H17BrClNO3S. The van der Waals surface area contributed by atoms with Crippen molar-refractivity contribution in [3.8, 4) is 0 Å². The summed E-state index contributed by atoms with van der Waals surface area (Å²) >= 11 is 9.44. The van der Waals surface area contributed by atoms with E-state index in [1.165, 1.54) is 6.26 Å². The Morgan fingerprint density at radius 1 is 1.48 bits per heavy atom. The SMILES string of the molecule is CC(CS(C)(=O)=O)N(C(=O)c1cc(Br)ccc1Cl)C1CC1. The molecule has 0 aromatic heterocycles. The average Bonchev–Trinajstić information content (AvgIpc) is 3.14. The summed E-state index contributed by atoms with van der Waals surface area (Å²) in [6.07, 6.45) is 3.00. The number of nitrogens with zero attached hydrogens (tertiary/aromatic N) is 1. The van der Waals surface area contributed by atoms with Crippen molar-refractivity contribution in [1.82, 2.24) is 4.90 Å². The summed E-state index contributed by atoms with van der Waals surface area (Å²) in [5, 5.41) is 0.375. The zero-order valence-electron chi connectivity index (χ0n) is 11.8. The molecule has 7 heteroatoms. The third-order valence-corrected chi connectivity index (χ3v) is 5.26. The second kappa shape index (κ2) is 6.26. The maximum Gasteiger partial charge on any atom is 0.255 e. The molecule has 0 aliphatic heterocycles. The van der Waals surface area contributed by atoms with Gasteiger partial charge >= 0.3 is 0 Å². The highest BCUT2D eigenvalue weighted by molar-refractivity contribution is 9.10. The molecule has 1 aliphatic carbocycles. The number of benzene rings is 1. The molecule has 1 saturated carbocycles. The van der Waals surface area contributed by atoms with Crippen LogP contribution in [0.25, 0.3) is 0 Å². The zero-order chi connectivity index (χ0) is 15.8. The van der Waals surface area contributed by atoms with Gasteiger partial charge in [0.1, 0.15) is 9.84 Å². The van der Waals surface area contributed by atoms with Gasteiger partial charge in [0.25, 0.3) is 5.91 Å². The Labute approximate surface area is 138 Å². The average molecular weight is 395 g/mol. The number of rotatable bonds is 5. The van der Waals surface area contributed by atoms with E-state index in [1.807, 2.05) is 0 Å². The van der Waals surface area contributed by atoms with Crippen LogP contribution in [-0.2, 0) is 9.84 Å². The molecule has 1 fully saturated rings. The smallest absolute Gasteiger partial charge is 0.255 e. The van der Waals surface area contributed by atoms with Gasteiger partial charge in [-0.15, -0.1) is 0 Å². The summed E-state index contributed by atoms with van der Waals surface area (Å²) in [4.78, 5) is 14.4. The van der Waals surface area contributed by atoms with Crippen molar-refractivity contribution in [2.75, 3.05) is 12.0 Å². The third kappa shape index (κ3) is 4.44. The molecule has 1 unspecified atom stereocenters. The van der Waals surface area contributed by atoms with Crippen LogP contribution in [0.1, 0.15) is 30.1 Å². The van der Waals surface area contributed by atoms with Crippen LogP contribution in [0, 0.1) is 0 Å². The second-order valence-corrected chi connectivity index (χ2v) is 9.02. The Hall–Kier alpha value is -0.590. The van der Waals surface area contributed by atoms with Gasteiger partial charge in [-0.05, 0) is 38.0 Å². The van der Waals surface area contributed by atoms with E-state index in [2.05, 4.69) is 15.9 Å². The van der Waals surface area contributed by atoms with Gasteiger partial charge in [0, 0.05) is 22.8 Å². The summed E-state index contributed by atoms with van der Waals surface area (Å²) < 4.78 is 23.8. The number of hydrogen-bond acceptors (Lipinski definition) is 3. The van der Waals surface area contributed by atoms with Crippen LogP contribution >= 0.6 is 27.5 Å². The van der Waals surface area contributed by atoms with Crippen molar-refractivity contribution in [2.45, 2.75) is 31.8 Å². The van der Waals surface area contributed by atoms with E-state index in [4.69, 9.17) is 11.6 Å². The normalized spacial score (nSPS) is 16.6. The van der Waals surface area contributed by atoms with Crippen molar-refractivity contribution in [1.29, 1.82) is 0 Å². The largest absolute Gasteiger partial charge is 0.332 e. The molecule has 1 atom stereocenters. The molecule has 21 heavy (non-hydrogen) atoms. The Balaban J connectivity index is 2.30. The van der Waals surface area contributed by atoms with Crippen molar-refractivity contribution in [2.24, 2.45) is 0 Å². The van der Waals surface area contributed by atoms with E-state index in [9.17, 15) is 13.2 Å². The minimum Gasteiger partial charge on any atom is -0.332 e. The quantitative estimate of drug-likeness (QED) is 0.771. The first-order chi connectivity index (χ1) is 9.69. The molecule has 0 saturated heterocycles. The van der Waals surface area contributed by atoms with E-state index >= 15 is 0 Å². The highest BCUT2D eigenvalue weighted by Crippen LogP contribution is 2.32.